The van der Waals surface area contributed by atoms with Gasteiger partial charge < -0.3 is 24.3 Å². The van der Waals surface area contributed by atoms with Crippen molar-refractivity contribution < 1.29 is 28.5 Å². The van der Waals surface area contributed by atoms with E-state index in [2.05, 4.69) is 5.32 Å². The lowest BCUT2D eigenvalue weighted by molar-refractivity contribution is -0.139. The maximum atomic E-state index is 13.1. The molecule has 1 atom stereocenters. The fourth-order valence-electron chi connectivity index (χ4n) is 3.46. The number of methoxy groups -OCH3 is 2. The van der Waals surface area contributed by atoms with Gasteiger partial charge in [0.1, 0.15) is 12.4 Å². The van der Waals surface area contributed by atoms with Gasteiger partial charge in [0.25, 0.3) is 0 Å². The first-order chi connectivity index (χ1) is 15.4. The average Bonchev–Trinajstić information content (AvgIpc) is 2.80. The summed E-state index contributed by atoms with van der Waals surface area (Å²) >= 11 is 6.20. The summed E-state index contributed by atoms with van der Waals surface area (Å²) in [6, 6.07) is 10.9. The van der Waals surface area contributed by atoms with Gasteiger partial charge in [0, 0.05) is 12.6 Å². The van der Waals surface area contributed by atoms with Crippen LogP contribution in [0.2, 0.25) is 5.02 Å². The summed E-state index contributed by atoms with van der Waals surface area (Å²) in [6.07, 6.45) is 0. The molecule has 1 heterocycles. The summed E-state index contributed by atoms with van der Waals surface area (Å²) in [6.45, 7) is 1.80. The Morgan fingerprint density at radius 2 is 1.81 bits per heavy atom. The molecule has 0 bridgehead atoms. The molecule has 0 saturated heterocycles. The number of hydrogen-bond donors (Lipinski definition) is 1. The van der Waals surface area contributed by atoms with Crippen LogP contribution >= 0.6 is 11.6 Å². The standard InChI is InChI=1S/C23H25ClN2O6/c1-5-31-22(27)19-16(13-32-17-11-7-6-10-15(17)24)26(2)23(28)25-20(19)14-9-8-12-18(29-3)21(14)30-4/h6-12,20H,5,13H2,1-4H3,(H,25,28)/t20-/m0/s1. The molecular formula is C23H25ClN2O6. The number of rotatable bonds is 8. The fraction of sp³-hybridized carbons (Fsp3) is 0.304. The second-order valence-electron chi connectivity index (χ2n) is 6.82. The lowest BCUT2D eigenvalue weighted by Crippen LogP contribution is -2.48. The van der Waals surface area contributed by atoms with Crippen molar-refractivity contribution in [2.24, 2.45) is 0 Å². The monoisotopic (exact) mass is 460 g/mol. The van der Waals surface area contributed by atoms with Crippen molar-refractivity contribution in [1.82, 2.24) is 10.2 Å². The molecule has 2 aromatic carbocycles. The molecule has 0 aromatic heterocycles. The molecule has 1 aliphatic heterocycles. The minimum absolute atomic E-state index is 0.0788. The number of para-hydroxylation sites is 2. The van der Waals surface area contributed by atoms with Crippen LogP contribution in [0.3, 0.4) is 0 Å². The first-order valence-electron chi connectivity index (χ1n) is 9.95. The van der Waals surface area contributed by atoms with Crippen LogP contribution in [0.4, 0.5) is 4.79 Å². The summed E-state index contributed by atoms with van der Waals surface area (Å²) in [5.74, 6) is 0.722. The van der Waals surface area contributed by atoms with Gasteiger partial charge in [-0.15, -0.1) is 0 Å². The molecule has 0 spiro atoms. The second-order valence-corrected chi connectivity index (χ2v) is 7.23. The molecule has 0 aliphatic carbocycles. The van der Waals surface area contributed by atoms with Crippen molar-refractivity contribution in [1.29, 1.82) is 0 Å². The summed E-state index contributed by atoms with van der Waals surface area (Å²) in [7, 11) is 4.56. The lowest BCUT2D eigenvalue weighted by Gasteiger charge is -2.35. The van der Waals surface area contributed by atoms with Gasteiger partial charge in [0.15, 0.2) is 11.5 Å². The molecule has 1 N–H and O–H groups in total. The number of halogens is 1. The molecule has 170 valence electrons. The Hall–Kier alpha value is -3.39. The maximum Gasteiger partial charge on any atom is 0.338 e. The van der Waals surface area contributed by atoms with Crippen molar-refractivity contribution in [2.45, 2.75) is 13.0 Å². The van der Waals surface area contributed by atoms with Crippen LogP contribution in [0.15, 0.2) is 53.7 Å². The maximum absolute atomic E-state index is 13.1. The number of amides is 2. The third-order valence-electron chi connectivity index (χ3n) is 5.02. The Balaban J connectivity index is 2.13. The first kappa shape index (κ1) is 23.3. The summed E-state index contributed by atoms with van der Waals surface area (Å²) in [4.78, 5) is 27.2. The Labute approximate surface area is 191 Å². The van der Waals surface area contributed by atoms with E-state index in [4.69, 9.17) is 30.5 Å². The van der Waals surface area contributed by atoms with Crippen molar-refractivity contribution in [3.8, 4) is 17.2 Å². The predicted molar refractivity (Wildman–Crippen MR) is 119 cm³/mol. The molecular weight excluding hydrogens is 436 g/mol. The molecule has 9 heteroatoms. The van der Waals surface area contributed by atoms with Crippen LogP contribution in [-0.4, -0.2) is 51.4 Å². The zero-order valence-electron chi connectivity index (χ0n) is 18.3. The van der Waals surface area contributed by atoms with Gasteiger partial charge >= 0.3 is 12.0 Å². The number of urea groups is 1. The van der Waals surface area contributed by atoms with Crippen LogP contribution in [0.25, 0.3) is 0 Å². The summed E-state index contributed by atoms with van der Waals surface area (Å²) in [5, 5.41) is 3.26. The highest BCUT2D eigenvalue weighted by atomic mass is 35.5. The Kier molecular flexibility index (Phi) is 7.48. The van der Waals surface area contributed by atoms with Crippen LogP contribution in [0.5, 0.6) is 17.2 Å². The number of nitrogens with one attached hydrogen (secondary N) is 1. The van der Waals surface area contributed by atoms with Crippen LogP contribution in [0, 0.1) is 0 Å². The van der Waals surface area contributed by atoms with Gasteiger partial charge in [0.05, 0.1) is 43.2 Å². The fourth-order valence-corrected chi connectivity index (χ4v) is 3.65. The van der Waals surface area contributed by atoms with Gasteiger partial charge in [-0.1, -0.05) is 35.9 Å². The van der Waals surface area contributed by atoms with E-state index >= 15 is 0 Å². The van der Waals surface area contributed by atoms with E-state index in [9.17, 15) is 9.59 Å². The number of hydrogen-bond acceptors (Lipinski definition) is 6. The van der Waals surface area contributed by atoms with Gasteiger partial charge in [-0.05, 0) is 25.1 Å². The number of ether oxygens (including phenoxy) is 4. The Bertz CT molecular complexity index is 1040. The molecule has 0 saturated carbocycles. The Morgan fingerprint density at radius 1 is 1.09 bits per heavy atom. The molecule has 2 amide bonds. The largest absolute Gasteiger partial charge is 0.493 e. The molecule has 2 aromatic rings. The van der Waals surface area contributed by atoms with Crippen LogP contribution < -0.4 is 19.5 Å². The summed E-state index contributed by atoms with van der Waals surface area (Å²) in [5.41, 5.74) is 1.13. The molecule has 0 unspecified atom stereocenters. The van der Waals surface area contributed by atoms with E-state index in [0.717, 1.165) is 0 Å². The predicted octanol–water partition coefficient (Wildman–Crippen LogP) is 3.95. The Morgan fingerprint density at radius 3 is 2.47 bits per heavy atom. The third-order valence-corrected chi connectivity index (χ3v) is 5.33. The zero-order valence-corrected chi connectivity index (χ0v) is 19.1. The smallest absolute Gasteiger partial charge is 0.338 e. The minimum Gasteiger partial charge on any atom is -0.493 e. The van der Waals surface area contributed by atoms with Gasteiger partial charge in [-0.3, -0.25) is 4.90 Å². The van der Waals surface area contributed by atoms with Crippen molar-refractivity contribution >= 4 is 23.6 Å². The summed E-state index contributed by atoms with van der Waals surface area (Å²) < 4.78 is 22.1. The van der Waals surface area contributed by atoms with Crippen LogP contribution in [0.1, 0.15) is 18.5 Å². The first-order valence-corrected chi connectivity index (χ1v) is 10.3. The van der Waals surface area contributed by atoms with E-state index in [0.29, 0.717) is 33.5 Å². The molecule has 32 heavy (non-hydrogen) atoms. The zero-order chi connectivity index (χ0) is 23.3. The van der Waals surface area contributed by atoms with Gasteiger partial charge in [-0.2, -0.15) is 0 Å². The van der Waals surface area contributed by atoms with Gasteiger partial charge in [0.2, 0.25) is 0 Å². The third kappa shape index (κ3) is 4.60. The molecule has 8 nitrogen and oxygen atoms in total. The number of benzene rings is 2. The quantitative estimate of drug-likeness (QED) is 0.600. The normalized spacial score (nSPS) is 15.8. The van der Waals surface area contributed by atoms with E-state index in [1.165, 1.54) is 19.1 Å². The van der Waals surface area contributed by atoms with Gasteiger partial charge in [-0.25, -0.2) is 9.59 Å². The number of esters is 1. The highest BCUT2D eigenvalue weighted by Crippen LogP contribution is 2.40. The molecule has 3 rings (SSSR count). The minimum atomic E-state index is -0.840. The van der Waals surface area contributed by atoms with E-state index in [1.54, 1.807) is 56.4 Å². The van der Waals surface area contributed by atoms with E-state index < -0.39 is 18.0 Å². The molecule has 0 radical (unpaired) electrons. The number of likely N-dealkylation sites (N-methyl/N-ethyl adjacent to an activating group) is 1. The SMILES string of the molecule is CCOC(=O)C1=C(COc2ccccc2Cl)N(C)C(=O)N[C@H]1c1cccc(OC)c1OC. The van der Waals surface area contributed by atoms with Crippen molar-refractivity contribution in [3.63, 3.8) is 0 Å². The topological polar surface area (TPSA) is 86.3 Å². The van der Waals surface area contributed by atoms with E-state index in [1.807, 2.05) is 0 Å². The van der Waals surface area contributed by atoms with E-state index in [-0.39, 0.29) is 18.8 Å². The van der Waals surface area contributed by atoms with Crippen molar-refractivity contribution in [2.75, 3.05) is 34.5 Å². The second kappa shape index (κ2) is 10.3. The number of nitrogens with zero attached hydrogens (tertiary/aromatic N) is 1. The molecule has 1 aliphatic rings. The molecule has 0 fully saturated rings. The van der Waals surface area contributed by atoms with Crippen molar-refractivity contribution in [3.05, 3.63) is 64.3 Å². The van der Waals surface area contributed by atoms with Crippen LogP contribution in [-0.2, 0) is 9.53 Å². The highest BCUT2D eigenvalue weighted by Gasteiger charge is 2.38. The number of carbonyl (C=O) groups excluding carboxylic acids is 2. The lowest BCUT2D eigenvalue weighted by atomic mass is 9.93. The average molecular weight is 461 g/mol. The highest BCUT2D eigenvalue weighted by molar-refractivity contribution is 6.32. The number of carbonyl (C=O) groups is 2.